The van der Waals surface area contributed by atoms with E-state index < -0.39 is 11.7 Å². The predicted molar refractivity (Wildman–Crippen MR) is 78.0 cm³/mol. The standard InChI is InChI=1S/C14H15BrF3N3/c1-10(9-19)20-4-6-21(7-5-20)13-8-11(15)2-3-12(13)14(16,17)18/h2-3,8,10H,4-7H2,1H3. The van der Waals surface area contributed by atoms with Crippen LogP contribution >= 0.6 is 15.9 Å². The average Bonchev–Trinajstić information content (AvgIpc) is 2.45. The van der Waals surface area contributed by atoms with Gasteiger partial charge < -0.3 is 4.90 Å². The lowest BCUT2D eigenvalue weighted by Crippen LogP contribution is -2.49. The van der Waals surface area contributed by atoms with Gasteiger partial charge in [0.2, 0.25) is 0 Å². The number of hydrogen-bond donors (Lipinski definition) is 0. The highest BCUT2D eigenvalue weighted by Gasteiger charge is 2.35. The van der Waals surface area contributed by atoms with Gasteiger partial charge in [0.05, 0.1) is 23.4 Å². The van der Waals surface area contributed by atoms with Crippen molar-refractivity contribution in [3.8, 4) is 6.07 Å². The summed E-state index contributed by atoms with van der Waals surface area (Å²) in [5, 5.41) is 8.90. The lowest BCUT2D eigenvalue weighted by Gasteiger charge is -2.38. The van der Waals surface area contributed by atoms with Crippen LogP contribution in [0.3, 0.4) is 0 Å². The smallest absolute Gasteiger partial charge is 0.368 e. The Balaban J connectivity index is 2.21. The summed E-state index contributed by atoms with van der Waals surface area (Å²) >= 11 is 3.23. The van der Waals surface area contributed by atoms with Gasteiger partial charge in [-0.05, 0) is 25.1 Å². The van der Waals surface area contributed by atoms with Gasteiger partial charge in [-0.15, -0.1) is 0 Å². The summed E-state index contributed by atoms with van der Waals surface area (Å²) in [6.07, 6.45) is -4.37. The average molecular weight is 362 g/mol. The van der Waals surface area contributed by atoms with Gasteiger partial charge in [0.25, 0.3) is 0 Å². The second-order valence-corrected chi connectivity index (χ2v) is 5.90. The van der Waals surface area contributed by atoms with Crippen molar-refractivity contribution in [3.63, 3.8) is 0 Å². The van der Waals surface area contributed by atoms with Crippen molar-refractivity contribution in [2.45, 2.75) is 19.1 Å². The minimum absolute atomic E-state index is 0.195. The Hall–Kier alpha value is -1.26. The molecule has 1 aliphatic heterocycles. The molecule has 7 heteroatoms. The third-order valence-corrected chi connectivity index (χ3v) is 4.15. The first-order valence-electron chi connectivity index (χ1n) is 6.58. The van der Waals surface area contributed by atoms with Gasteiger partial charge in [-0.3, -0.25) is 4.90 Å². The molecule has 2 rings (SSSR count). The third-order valence-electron chi connectivity index (χ3n) is 3.65. The van der Waals surface area contributed by atoms with Crippen LogP contribution in [0.25, 0.3) is 0 Å². The van der Waals surface area contributed by atoms with Crippen LogP contribution in [-0.4, -0.2) is 37.1 Å². The minimum atomic E-state index is -4.37. The Morgan fingerprint density at radius 3 is 2.38 bits per heavy atom. The Labute approximate surface area is 130 Å². The molecular weight excluding hydrogens is 347 g/mol. The van der Waals surface area contributed by atoms with Crippen molar-refractivity contribution in [2.75, 3.05) is 31.1 Å². The minimum Gasteiger partial charge on any atom is -0.368 e. The quantitative estimate of drug-likeness (QED) is 0.807. The Morgan fingerprint density at radius 1 is 1.24 bits per heavy atom. The molecule has 0 radical (unpaired) electrons. The van der Waals surface area contributed by atoms with Crippen molar-refractivity contribution in [1.82, 2.24) is 4.90 Å². The summed E-state index contributed by atoms with van der Waals surface area (Å²) in [6.45, 7) is 3.92. The zero-order valence-corrected chi connectivity index (χ0v) is 13.1. The molecule has 0 N–H and O–H groups in total. The zero-order chi connectivity index (χ0) is 15.6. The Kier molecular flexibility index (Phi) is 4.79. The second-order valence-electron chi connectivity index (χ2n) is 4.99. The van der Waals surface area contributed by atoms with Crippen LogP contribution in [0, 0.1) is 11.3 Å². The summed E-state index contributed by atoms with van der Waals surface area (Å²) in [5.41, 5.74) is -0.423. The lowest BCUT2D eigenvalue weighted by molar-refractivity contribution is -0.137. The van der Waals surface area contributed by atoms with E-state index in [1.54, 1.807) is 11.8 Å². The SMILES string of the molecule is CC(C#N)N1CCN(c2cc(Br)ccc2C(F)(F)F)CC1. The molecule has 0 bridgehead atoms. The maximum atomic E-state index is 13.1. The molecule has 1 fully saturated rings. The fraction of sp³-hybridized carbons (Fsp3) is 0.500. The van der Waals surface area contributed by atoms with Gasteiger partial charge in [-0.25, -0.2) is 0 Å². The van der Waals surface area contributed by atoms with Crippen molar-refractivity contribution in [1.29, 1.82) is 5.26 Å². The highest BCUT2D eigenvalue weighted by Crippen LogP contribution is 2.38. The number of nitriles is 1. The van der Waals surface area contributed by atoms with Crippen molar-refractivity contribution >= 4 is 21.6 Å². The molecule has 0 saturated carbocycles. The fourth-order valence-electron chi connectivity index (χ4n) is 2.44. The maximum Gasteiger partial charge on any atom is 0.418 e. The number of halogens is 4. The van der Waals surface area contributed by atoms with E-state index in [4.69, 9.17) is 5.26 Å². The molecule has 1 aliphatic rings. The molecular formula is C14H15BrF3N3. The number of hydrogen-bond acceptors (Lipinski definition) is 3. The van der Waals surface area contributed by atoms with Gasteiger partial charge in [-0.2, -0.15) is 18.4 Å². The molecule has 21 heavy (non-hydrogen) atoms. The number of rotatable bonds is 2. The monoisotopic (exact) mass is 361 g/mol. The van der Waals surface area contributed by atoms with Crippen molar-refractivity contribution < 1.29 is 13.2 Å². The maximum absolute atomic E-state index is 13.1. The molecule has 0 spiro atoms. The largest absolute Gasteiger partial charge is 0.418 e. The summed E-state index contributed by atoms with van der Waals surface area (Å²) in [6, 6.07) is 5.95. The molecule has 1 aromatic rings. The highest BCUT2D eigenvalue weighted by atomic mass is 79.9. The molecule has 0 aromatic heterocycles. The van der Waals surface area contributed by atoms with E-state index >= 15 is 0 Å². The van der Waals surface area contributed by atoms with Crippen LogP contribution in [0.1, 0.15) is 12.5 Å². The fourth-order valence-corrected chi connectivity index (χ4v) is 2.79. The summed E-state index contributed by atoms with van der Waals surface area (Å²) < 4.78 is 39.9. The van der Waals surface area contributed by atoms with Gasteiger partial charge in [-0.1, -0.05) is 15.9 Å². The number of nitrogens with zero attached hydrogens (tertiary/aromatic N) is 3. The first-order chi connectivity index (χ1) is 9.82. The summed E-state index contributed by atoms with van der Waals surface area (Å²) in [5.74, 6) is 0. The highest BCUT2D eigenvalue weighted by molar-refractivity contribution is 9.10. The summed E-state index contributed by atoms with van der Waals surface area (Å²) in [4.78, 5) is 3.70. The summed E-state index contributed by atoms with van der Waals surface area (Å²) in [7, 11) is 0. The van der Waals surface area contributed by atoms with Gasteiger partial charge in [0, 0.05) is 30.7 Å². The number of piperazine rings is 1. The number of alkyl halides is 3. The Morgan fingerprint density at radius 2 is 1.86 bits per heavy atom. The first kappa shape index (κ1) is 16.1. The van der Waals surface area contributed by atoms with Crippen LogP contribution in [0.15, 0.2) is 22.7 Å². The van der Waals surface area contributed by atoms with E-state index in [1.807, 2.05) is 4.90 Å². The van der Waals surface area contributed by atoms with E-state index in [9.17, 15) is 13.2 Å². The van der Waals surface area contributed by atoms with Crippen LogP contribution in [0.5, 0.6) is 0 Å². The zero-order valence-electron chi connectivity index (χ0n) is 11.5. The topological polar surface area (TPSA) is 30.3 Å². The number of anilines is 1. The van der Waals surface area contributed by atoms with Crippen LogP contribution in [-0.2, 0) is 6.18 Å². The van der Waals surface area contributed by atoms with E-state index in [0.717, 1.165) is 6.07 Å². The third kappa shape index (κ3) is 3.69. The van der Waals surface area contributed by atoms with E-state index in [-0.39, 0.29) is 11.7 Å². The Bertz CT molecular complexity index is 545. The van der Waals surface area contributed by atoms with E-state index in [0.29, 0.717) is 30.7 Å². The molecule has 114 valence electrons. The molecule has 1 aromatic carbocycles. The molecule has 3 nitrogen and oxygen atoms in total. The molecule has 0 amide bonds. The van der Waals surface area contributed by atoms with E-state index in [2.05, 4.69) is 22.0 Å². The van der Waals surface area contributed by atoms with Crippen LogP contribution < -0.4 is 4.90 Å². The predicted octanol–water partition coefficient (Wildman–Crippen LogP) is 3.50. The molecule has 0 aliphatic carbocycles. The second kappa shape index (κ2) is 6.24. The van der Waals surface area contributed by atoms with Gasteiger partial charge >= 0.3 is 6.18 Å². The molecule has 1 saturated heterocycles. The number of benzene rings is 1. The molecule has 1 heterocycles. The van der Waals surface area contributed by atoms with Crippen LogP contribution in [0.4, 0.5) is 18.9 Å². The van der Waals surface area contributed by atoms with E-state index in [1.165, 1.54) is 12.1 Å². The van der Waals surface area contributed by atoms with Gasteiger partial charge in [0.1, 0.15) is 0 Å². The van der Waals surface area contributed by atoms with Gasteiger partial charge in [0.15, 0.2) is 0 Å². The normalized spacial score (nSPS) is 18.4. The van der Waals surface area contributed by atoms with Crippen molar-refractivity contribution in [2.24, 2.45) is 0 Å². The molecule has 1 atom stereocenters. The lowest BCUT2D eigenvalue weighted by atomic mass is 10.1. The molecule has 1 unspecified atom stereocenters. The van der Waals surface area contributed by atoms with Crippen LogP contribution in [0.2, 0.25) is 0 Å². The van der Waals surface area contributed by atoms with Crippen molar-refractivity contribution in [3.05, 3.63) is 28.2 Å². The first-order valence-corrected chi connectivity index (χ1v) is 7.37.